The van der Waals surface area contributed by atoms with Gasteiger partial charge in [-0.3, -0.25) is 0 Å². The van der Waals surface area contributed by atoms with Crippen molar-refractivity contribution in [3.8, 4) is 5.75 Å². The van der Waals surface area contributed by atoms with E-state index in [1.165, 1.54) is 0 Å². The summed E-state index contributed by atoms with van der Waals surface area (Å²) in [6, 6.07) is 15.5. The molecule has 9 heteroatoms. The molecule has 4 rings (SSSR count). The number of carboxylic acid groups (broad SMARTS) is 1. The van der Waals surface area contributed by atoms with Crippen LogP contribution in [0.2, 0.25) is 0 Å². The molecule has 2 aliphatic heterocycles. The largest absolute Gasteiger partial charge is 0.479 e. The van der Waals surface area contributed by atoms with E-state index in [1.54, 1.807) is 17.8 Å². The van der Waals surface area contributed by atoms with Crippen LogP contribution in [0.5, 0.6) is 5.75 Å². The molecule has 2 aromatic rings. The number of benzene rings is 2. The molecule has 2 heterocycles. The second kappa shape index (κ2) is 8.93. The van der Waals surface area contributed by atoms with Crippen molar-refractivity contribution in [2.24, 2.45) is 0 Å². The Balaban J connectivity index is 1.58. The van der Waals surface area contributed by atoms with E-state index in [0.717, 1.165) is 28.3 Å². The first-order valence-electron chi connectivity index (χ1n) is 9.60. The van der Waals surface area contributed by atoms with Gasteiger partial charge >= 0.3 is 5.97 Å². The second-order valence-corrected chi connectivity index (χ2v) is 8.34. The average Bonchev–Trinajstić information content (AvgIpc) is 2.96. The minimum atomic E-state index is -1.75. The Bertz CT molecular complexity index is 896. The van der Waals surface area contributed by atoms with E-state index in [2.05, 4.69) is 17.4 Å². The summed E-state index contributed by atoms with van der Waals surface area (Å²) in [6.07, 6.45) is -8.18. The third kappa shape index (κ3) is 4.18. The number of nitrogens with one attached hydrogen (secondary N) is 1. The first kappa shape index (κ1) is 21.1. The molecule has 0 bridgehead atoms. The van der Waals surface area contributed by atoms with E-state index in [9.17, 15) is 25.2 Å². The van der Waals surface area contributed by atoms with E-state index >= 15 is 0 Å². The molecule has 0 aromatic heterocycles. The molecule has 6 atom stereocenters. The van der Waals surface area contributed by atoms with Gasteiger partial charge in [-0.05, 0) is 23.3 Å². The Morgan fingerprint density at radius 3 is 2.57 bits per heavy atom. The predicted octanol–water partition coefficient (Wildman–Crippen LogP) is 0.742. The Labute approximate surface area is 177 Å². The van der Waals surface area contributed by atoms with Gasteiger partial charge in [-0.1, -0.05) is 36.4 Å². The molecule has 1 fully saturated rings. The highest BCUT2D eigenvalue weighted by atomic mass is 32.2. The molecule has 0 amide bonds. The SMILES string of the molecule is O=C(O)[C@H]1O[C@@H](Oc2ccc3c(c2)SCCNC3c2ccccc2)[C@H](O)[C@@H](O)[C@@H]1O. The molecule has 1 saturated heterocycles. The summed E-state index contributed by atoms with van der Waals surface area (Å²) in [7, 11) is 0. The number of aliphatic carboxylic acids is 1. The second-order valence-electron chi connectivity index (χ2n) is 7.20. The molecular formula is C21H23NO7S. The highest BCUT2D eigenvalue weighted by Gasteiger charge is 2.48. The van der Waals surface area contributed by atoms with Gasteiger partial charge in [-0.15, -0.1) is 11.8 Å². The molecule has 0 saturated carbocycles. The molecular weight excluding hydrogens is 410 g/mol. The van der Waals surface area contributed by atoms with Gasteiger partial charge in [0.15, 0.2) is 6.10 Å². The summed E-state index contributed by atoms with van der Waals surface area (Å²) in [5, 5.41) is 42.7. The summed E-state index contributed by atoms with van der Waals surface area (Å²) in [4.78, 5) is 12.3. The lowest BCUT2D eigenvalue weighted by Crippen LogP contribution is -2.61. The molecule has 0 radical (unpaired) electrons. The maximum atomic E-state index is 11.3. The van der Waals surface area contributed by atoms with Crippen molar-refractivity contribution in [2.45, 2.75) is 41.6 Å². The zero-order valence-corrected chi connectivity index (χ0v) is 16.7. The summed E-state index contributed by atoms with van der Waals surface area (Å²) < 4.78 is 10.9. The molecule has 5 N–H and O–H groups in total. The minimum Gasteiger partial charge on any atom is -0.479 e. The van der Waals surface area contributed by atoms with E-state index in [0.29, 0.717) is 5.75 Å². The maximum absolute atomic E-state index is 11.3. The topological polar surface area (TPSA) is 128 Å². The molecule has 8 nitrogen and oxygen atoms in total. The van der Waals surface area contributed by atoms with Gasteiger partial charge in [0.25, 0.3) is 0 Å². The van der Waals surface area contributed by atoms with Crippen LogP contribution in [-0.4, -0.2) is 69.4 Å². The lowest BCUT2D eigenvalue weighted by Gasteiger charge is -2.38. The van der Waals surface area contributed by atoms with Crippen LogP contribution in [0.25, 0.3) is 0 Å². The lowest BCUT2D eigenvalue weighted by molar-refractivity contribution is -0.271. The third-order valence-corrected chi connectivity index (χ3v) is 6.28. The van der Waals surface area contributed by atoms with Crippen molar-refractivity contribution in [1.29, 1.82) is 0 Å². The maximum Gasteiger partial charge on any atom is 0.335 e. The van der Waals surface area contributed by atoms with Crippen LogP contribution in [0.1, 0.15) is 17.2 Å². The lowest BCUT2D eigenvalue weighted by atomic mass is 9.98. The highest BCUT2D eigenvalue weighted by Crippen LogP contribution is 2.37. The molecule has 30 heavy (non-hydrogen) atoms. The van der Waals surface area contributed by atoms with Gasteiger partial charge in [0.2, 0.25) is 6.29 Å². The van der Waals surface area contributed by atoms with E-state index in [4.69, 9.17) is 9.47 Å². The van der Waals surface area contributed by atoms with E-state index in [1.807, 2.05) is 30.3 Å². The Kier molecular flexibility index (Phi) is 6.28. The fraction of sp³-hybridized carbons (Fsp3) is 0.381. The fourth-order valence-corrected chi connectivity index (χ4v) is 4.64. The first-order chi connectivity index (χ1) is 14.5. The smallest absolute Gasteiger partial charge is 0.335 e. The van der Waals surface area contributed by atoms with Gasteiger partial charge in [-0.2, -0.15) is 0 Å². The van der Waals surface area contributed by atoms with Crippen LogP contribution in [0.4, 0.5) is 0 Å². The number of hydrogen-bond acceptors (Lipinski definition) is 8. The number of ether oxygens (including phenoxy) is 2. The Morgan fingerprint density at radius 2 is 1.83 bits per heavy atom. The van der Waals surface area contributed by atoms with Crippen molar-refractivity contribution in [3.05, 3.63) is 59.7 Å². The molecule has 2 aliphatic rings. The molecule has 160 valence electrons. The summed E-state index contributed by atoms with van der Waals surface area (Å²) >= 11 is 1.66. The van der Waals surface area contributed by atoms with Crippen LogP contribution >= 0.6 is 11.8 Å². The van der Waals surface area contributed by atoms with Gasteiger partial charge in [-0.25, -0.2) is 4.79 Å². The number of aliphatic hydroxyl groups excluding tert-OH is 3. The molecule has 1 unspecified atom stereocenters. The third-order valence-electron chi connectivity index (χ3n) is 5.20. The van der Waals surface area contributed by atoms with Crippen molar-refractivity contribution in [1.82, 2.24) is 5.32 Å². The normalized spacial score (nSPS) is 31.4. The van der Waals surface area contributed by atoms with Crippen LogP contribution in [-0.2, 0) is 9.53 Å². The predicted molar refractivity (Wildman–Crippen MR) is 108 cm³/mol. The van der Waals surface area contributed by atoms with E-state index in [-0.39, 0.29) is 6.04 Å². The van der Waals surface area contributed by atoms with Gasteiger partial charge in [0.05, 0.1) is 6.04 Å². The number of fused-ring (bicyclic) bond motifs is 1. The van der Waals surface area contributed by atoms with Crippen molar-refractivity contribution in [3.63, 3.8) is 0 Å². The Morgan fingerprint density at radius 1 is 1.07 bits per heavy atom. The summed E-state index contributed by atoms with van der Waals surface area (Å²) in [5.41, 5.74) is 2.22. The number of carbonyl (C=O) groups is 1. The molecule has 0 spiro atoms. The fourth-order valence-electron chi connectivity index (χ4n) is 3.65. The van der Waals surface area contributed by atoms with Gasteiger partial charge < -0.3 is 35.2 Å². The molecule has 0 aliphatic carbocycles. The highest BCUT2D eigenvalue weighted by molar-refractivity contribution is 7.99. The number of hydrogen-bond donors (Lipinski definition) is 5. The standard InChI is InChI=1S/C21H23NO7S/c23-16-17(24)19(20(26)27)29-21(18(16)25)28-12-6-7-13-14(10-12)30-9-8-22-15(13)11-4-2-1-3-5-11/h1-7,10,15-19,21-25H,8-9H2,(H,26,27)/t15?,16-,17-,18+,19-,21+/m0/s1. The Hall–Kier alpha value is -2.14. The number of aliphatic hydroxyl groups is 3. The number of rotatable bonds is 4. The van der Waals surface area contributed by atoms with Crippen LogP contribution in [0, 0.1) is 0 Å². The van der Waals surface area contributed by atoms with Crippen LogP contribution in [0.15, 0.2) is 53.4 Å². The van der Waals surface area contributed by atoms with Crippen LogP contribution in [0.3, 0.4) is 0 Å². The van der Waals surface area contributed by atoms with Crippen LogP contribution < -0.4 is 10.1 Å². The molecule has 2 aromatic carbocycles. The number of thioether (sulfide) groups is 1. The van der Waals surface area contributed by atoms with Crippen molar-refractivity contribution in [2.75, 3.05) is 12.3 Å². The first-order valence-corrected chi connectivity index (χ1v) is 10.6. The van der Waals surface area contributed by atoms with E-state index < -0.39 is 36.7 Å². The number of carboxylic acids is 1. The zero-order chi connectivity index (χ0) is 21.3. The van der Waals surface area contributed by atoms with Crippen molar-refractivity contribution >= 4 is 17.7 Å². The monoisotopic (exact) mass is 433 g/mol. The summed E-state index contributed by atoms with van der Waals surface area (Å²) in [6.45, 7) is 0.823. The summed E-state index contributed by atoms with van der Waals surface area (Å²) in [5.74, 6) is -0.225. The van der Waals surface area contributed by atoms with Crippen molar-refractivity contribution < 1.29 is 34.7 Å². The average molecular weight is 433 g/mol. The van der Waals surface area contributed by atoms with Gasteiger partial charge in [0, 0.05) is 17.2 Å². The van der Waals surface area contributed by atoms with Gasteiger partial charge in [0.1, 0.15) is 24.1 Å². The zero-order valence-electron chi connectivity index (χ0n) is 15.9. The minimum absolute atomic E-state index is 0.0233. The quantitative estimate of drug-likeness (QED) is 0.474.